The maximum atomic E-state index is 14.2. The monoisotopic (exact) mass is 592 g/mol. The highest BCUT2D eigenvalue weighted by Crippen LogP contribution is 2.47. The van der Waals surface area contributed by atoms with Crippen molar-refractivity contribution in [2.24, 2.45) is 13.0 Å². The van der Waals surface area contributed by atoms with Crippen LogP contribution >= 0.6 is 0 Å². The van der Waals surface area contributed by atoms with Crippen LogP contribution in [-0.4, -0.2) is 40.4 Å². The Morgan fingerprint density at radius 1 is 0.977 bits per heavy atom. The molecule has 2 aliphatic rings. The third-order valence-electron chi connectivity index (χ3n) is 9.18. The Balaban J connectivity index is 1.41. The van der Waals surface area contributed by atoms with Crippen LogP contribution in [0, 0.1) is 5.92 Å². The molecule has 3 heterocycles. The number of pyridine rings is 1. The number of nitrogens with one attached hydrogen (secondary N) is 1. The van der Waals surface area contributed by atoms with Gasteiger partial charge in [0.25, 0.3) is 5.56 Å². The first kappa shape index (κ1) is 28.1. The Morgan fingerprint density at radius 2 is 1.73 bits per heavy atom. The molecule has 1 unspecified atom stereocenters. The molecular formula is C36H36N2O6. The lowest BCUT2D eigenvalue weighted by atomic mass is 9.84. The summed E-state index contributed by atoms with van der Waals surface area (Å²) in [4.78, 5) is 30.7. The molecule has 226 valence electrons. The summed E-state index contributed by atoms with van der Waals surface area (Å²) in [5.41, 5.74) is 3.82. The molecule has 0 saturated heterocycles. The molecule has 1 fully saturated rings. The van der Waals surface area contributed by atoms with Crippen LogP contribution in [-0.2, 0) is 23.0 Å². The standard InChI is InChI=1S/C36H36N2O6/c1-38-28-16-8-6-13-25(28)33(39)31(35(38)40)30(26-14-9-17-29-34(26)43-21-20-42-29)32-24(23-12-5-7-15-27(23)37-32)18-19-44-36(41)22-10-3-2-4-11-22/h5-9,12-17,22,30,37,39H,2-4,10-11,18-21H2,1H3. The summed E-state index contributed by atoms with van der Waals surface area (Å²) in [6, 6.07) is 21.0. The van der Waals surface area contributed by atoms with Gasteiger partial charge in [0.15, 0.2) is 11.5 Å². The molecule has 3 aromatic carbocycles. The van der Waals surface area contributed by atoms with Gasteiger partial charge in [0.05, 0.1) is 29.5 Å². The Bertz CT molecular complexity index is 1920. The number of nitrogens with zero attached hydrogens (tertiary/aromatic N) is 1. The molecule has 0 amide bonds. The molecule has 2 aromatic heterocycles. The van der Waals surface area contributed by atoms with Crippen molar-refractivity contribution >= 4 is 27.8 Å². The normalized spacial score (nSPS) is 15.8. The van der Waals surface area contributed by atoms with Gasteiger partial charge < -0.3 is 28.9 Å². The largest absolute Gasteiger partial charge is 0.507 e. The number of esters is 1. The number of hydrogen-bond acceptors (Lipinski definition) is 6. The Labute approximate surface area is 255 Å². The maximum absolute atomic E-state index is 14.2. The van der Waals surface area contributed by atoms with E-state index >= 15 is 0 Å². The summed E-state index contributed by atoms with van der Waals surface area (Å²) in [5, 5.41) is 13.4. The summed E-state index contributed by atoms with van der Waals surface area (Å²) in [6.45, 7) is 1.01. The second-order valence-electron chi connectivity index (χ2n) is 11.8. The van der Waals surface area contributed by atoms with Crippen molar-refractivity contribution < 1.29 is 24.1 Å². The first-order valence-electron chi connectivity index (χ1n) is 15.5. The van der Waals surface area contributed by atoms with Crippen molar-refractivity contribution in [3.05, 3.63) is 99.5 Å². The minimum absolute atomic E-state index is 0.0375. The van der Waals surface area contributed by atoms with Crippen molar-refractivity contribution in [3.8, 4) is 17.2 Å². The molecule has 5 aromatic rings. The van der Waals surface area contributed by atoms with E-state index in [1.807, 2.05) is 66.7 Å². The third kappa shape index (κ3) is 4.88. The number of fused-ring (bicyclic) bond motifs is 3. The van der Waals surface area contributed by atoms with E-state index in [9.17, 15) is 14.7 Å². The Morgan fingerprint density at radius 3 is 2.57 bits per heavy atom. The van der Waals surface area contributed by atoms with Crippen LogP contribution in [0.2, 0.25) is 0 Å². The lowest BCUT2D eigenvalue weighted by Gasteiger charge is -2.27. The highest BCUT2D eigenvalue weighted by Gasteiger charge is 2.34. The van der Waals surface area contributed by atoms with Crippen LogP contribution in [0.5, 0.6) is 17.2 Å². The number of para-hydroxylation sites is 3. The smallest absolute Gasteiger partial charge is 0.308 e. The molecule has 1 atom stereocenters. The number of hydrogen-bond donors (Lipinski definition) is 2. The van der Waals surface area contributed by atoms with Crippen molar-refractivity contribution in [1.29, 1.82) is 0 Å². The number of ether oxygens (including phenoxy) is 3. The van der Waals surface area contributed by atoms with E-state index in [1.54, 1.807) is 11.6 Å². The molecule has 7 rings (SSSR count). The fraction of sp³-hybridized carbons (Fsp3) is 0.333. The minimum atomic E-state index is -0.730. The van der Waals surface area contributed by atoms with E-state index < -0.39 is 5.92 Å². The number of aryl methyl sites for hydroxylation is 1. The molecule has 1 aliphatic heterocycles. The van der Waals surface area contributed by atoms with Crippen LogP contribution in [0.4, 0.5) is 0 Å². The highest BCUT2D eigenvalue weighted by atomic mass is 16.6. The molecule has 1 saturated carbocycles. The molecule has 2 N–H and O–H groups in total. The van der Waals surface area contributed by atoms with E-state index in [1.165, 1.54) is 6.42 Å². The van der Waals surface area contributed by atoms with Crippen LogP contribution in [0.1, 0.15) is 60.4 Å². The predicted molar refractivity (Wildman–Crippen MR) is 169 cm³/mol. The van der Waals surface area contributed by atoms with Gasteiger partial charge in [-0.2, -0.15) is 0 Å². The number of carbonyl (C=O) groups excluding carboxylic acids is 1. The lowest BCUT2D eigenvalue weighted by molar-refractivity contribution is -0.149. The van der Waals surface area contributed by atoms with Gasteiger partial charge >= 0.3 is 5.97 Å². The van der Waals surface area contributed by atoms with Gasteiger partial charge in [0, 0.05) is 41.0 Å². The zero-order chi connectivity index (χ0) is 30.2. The van der Waals surface area contributed by atoms with Crippen molar-refractivity contribution in [1.82, 2.24) is 9.55 Å². The van der Waals surface area contributed by atoms with E-state index in [0.29, 0.717) is 47.6 Å². The summed E-state index contributed by atoms with van der Waals surface area (Å²) >= 11 is 0. The average Bonchev–Trinajstić information content (AvgIpc) is 3.43. The number of aromatic amines is 1. The van der Waals surface area contributed by atoms with Crippen LogP contribution in [0.3, 0.4) is 0 Å². The Hall–Kier alpha value is -4.72. The lowest BCUT2D eigenvalue weighted by Crippen LogP contribution is -2.26. The zero-order valence-corrected chi connectivity index (χ0v) is 24.8. The van der Waals surface area contributed by atoms with Crippen LogP contribution in [0.25, 0.3) is 21.8 Å². The van der Waals surface area contributed by atoms with Gasteiger partial charge in [-0.05, 0) is 42.7 Å². The molecular weight excluding hydrogens is 556 g/mol. The summed E-state index contributed by atoms with van der Waals surface area (Å²) in [6.07, 6.45) is 5.49. The molecule has 44 heavy (non-hydrogen) atoms. The molecule has 0 bridgehead atoms. The number of aromatic nitrogens is 2. The topological polar surface area (TPSA) is 103 Å². The molecule has 8 heteroatoms. The summed E-state index contributed by atoms with van der Waals surface area (Å²) < 4.78 is 19.5. The van der Waals surface area contributed by atoms with E-state index in [2.05, 4.69) is 4.98 Å². The summed E-state index contributed by atoms with van der Waals surface area (Å²) in [7, 11) is 1.72. The highest BCUT2D eigenvalue weighted by molar-refractivity contribution is 5.89. The molecule has 0 radical (unpaired) electrons. The van der Waals surface area contributed by atoms with E-state index in [0.717, 1.165) is 47.8 Å². The molecule has 0 spiro atoms. The second-order valence-corrected chi connectivity index (χ2v) is 11.8. The van der Waals surface area contributed by atoms with E-state index in [-0.39, 0.29) is 35.4 Å². The second kappa shape index (κ2) is 11.8. The van der Waals surface area contributed by atoms with Gasteiger partial charge in [-0.15, -0.1) is 0 Å². The van der Waals surface area contributed by atoms with Gasteiger partial charge in [0.2, 0.25) is 0 Å². The molecule has 8 nitrogen and oxygen atoms in total. The molecule has 1 aliphatic carbocycles. The Kier molecular flexibility index (Phi) is 7.50. The number of H-pyrrole nitrogens is 1. The van der Waals surface area contributed by atoms with E-state index in [4.69, 9.17) is 14.2 Å². The third-order valence-corrected chi connectivity index (χ3v) is 9.18. The first-order valence-corrected chi connectivity index (χ1v) is 15.5. The first-order chi connectivity index (χ1) is 21.5. The van der Waals surface area contributed by atoms with Crippen LogP contribution < -0.4 is 15.0 Å². The number of aromatic hydroxyl groups is 1. The van der Waals surface area contributed by atoms with Gasteiger partial charge in [-0.25, -0.2) is 0 Å². The fourth-order valence-corrected chi connectivity index (χ4v) is 6.99. The number of carbonyl (C=O) groups is 1. The van der Waals surface area contributed by atoms with Crippen molar-refractivity contribution in [2.75, 3.05) is 19.8 Å². The quantitative estimate of drug-likeness (QED) is 0.214. The minimum Gasteiger partial charge on any atom is -0.507 e. The fourth-order valence-electron chi connectivity index (χ4n) is 6.99. The van der Waals surface area contributed by atoms with Crippen LogP contribution in [0.15, 0.2) is 71.5 Å². The average molecular weight is 593 g/mol. The van der Waals surface area contributed by atoms with Gasteiger partial charge in [-0.1, -0.05) is 61.7 Å². The summed E-state index contributed by atoms with van der Waals surface area (Å²) in [5.74, 6) is 0.167. The van der Waals surface area contributed by atoms with Crippen molar-refractivity contribution in [2.45, 2.75) is 44.4 Å². The van der Waals surface area contributed by atoms with Crippen molar-refractivity contribution in [3.63, 3.8) is 0 Å². The number of benzene rings is 3. The zero-order valence-electron chi connectivity index (χ0n) is 24.8. The maximum Gasteiger partial charge on any atom is 0.308 e. The number of rotatable bonds is 7. The SMILES string of the molecule is Cn1c(=O)c(C(c2cccc3c2OCCO3)c2[nH]c3ccccc3c2CCOC(=O)C2CCCCC2)c(O)c2ccccc21. The van der Waals surface area contributed by atoms with Gasteiger partial charge in [0.1, 0.15) is 19.0 Å². The van der Waals surface area contributed by atoms with Gasteiger partial charge in [-0.3, -0.25) is 9.59 Å². The predicted octanol–water partition coefficient (Wildman–Crippen LogP) is 6.34.